The highest BCUT2D eigenvalue weighted by atomic mass is 16.6. The minimum absolute atomic E-state index is 0.0601. The van der Waals surface area contributed by atoms with E-state index in [4.69, 9.17) is 9.84 Å². The Balaban J connectivity index is 1.85. The van der Waals surface area contributed by atoms with Gasteiger partial charge in [-0.2, -0.15) is 0 Å². The van der Waals surface area contributed by atoms with E-state index in [1.165, 1.54) is 5.56 Å². The zero-order valence-corrected chi connectivity index (χ0v) is 11.6. The number of aliphatic hydroxyl groups is 1. The summed E-state index contributed by atoms with van der Waals surface area (Å²) in [6.45, 7) is 5.62. The number of carbonyl (C=O) groups is 1. The van der Waals surface area contributed by atoms with Crippen molar-refractivity contribution >= 4 is 6.09 Å². The van der Waals surface area contributed by atoms with E-state index in [1.54, 1.807) is 0 Å². The number of carbonyl (C=O) groups excluding carboxylic acids is 1. The molecule has 4 heteroatoms. The molecule has 2 N–H and O–H groups in total. The Kier molecular flexibility index (Phi) is 3.80. The van der Waals surface area contributed by atoms with Crippen LogP contribution in [-0.2, 0) is 11.3 Å². The second-order valence-corrected chi connectivity index (χ2v) is 5.99. The Bertz CT molecular complexity index is 447. The van der Waals surface area contributed by atoms with Crippen LogP contribution < -0.4 is 5.32 Å². The van der Waals surface area contributed by atoms with Gasteiger partial charge in [-0.1, -0.05) is 24.3 Å². The van der Waals surface area contributed by atoms with Crippen LogP contribution >= 0.6 is 0 Å². The molecule has 19 heavy (non-hydrogen) atoms. The smallest absolute Gasteiger partial charge is 0.407 e. The number of rotatable bonds is 3. The maximum atomic E-state index is 11.6. The van der Waals surface area contributed by atoms with E-state index < -0.39 is 5.60 Å². The van der Waals surface area contributed by atoms with Crippen LogP contribution in [0, 0.1) is 0 Å². The number of ether oxygens (including phenoxy) is 1. The Labute approximate surface area is 113 Å². The number of benzene rings is 1. The van der Waals surface area contributed by atoms with Gasteiger partial charge in [0, 0.05) is 12.0 Å². The summed E-state index contributed by atoms with van der Waals surface area (Å²) in [6.07, 6.45) is 0.588. The summed E-state index contributed by atoms with van der Waals surface area (Å²) in [5, 5.41) is 11.9. The molecule has 104 valence electrons. The third-order valence-corrected chi connectivity index (χ3v) is 3.08. The molecule has 0 aliphatic heterocycles. The summed E-state index contributed by atoms with van der Waals surface area (Å²) < 4.78 is 5.23. The average Bonchev–Trinajstić information content (AvgIpc) is 3.06. The van der Waals surface area contributed by atoms with Crippen molar-refractivity contribution in [2.24, 2.45) is 0 Å². The fourth-order valence-electron chi connectivity index (χ4n) is 2.05. The van der Waals surface area contributed by atoms with Crippen LogP contribution in [0.25, 0.3) is 0 Å². The molecule has 1 aliphatic carbocycles. The van der Waals surface area contributed by atoms with Gasteiger partial charge in [-0.05, 0) is 38.3 Å². The highest BCUT2D eigenvalue weighted by molar-refractivity contribution is 5.69. The van der Waals surface area contributed by atoms with E-state index in [1.807, 2.05) is 45.0 Å². The van der Waals surface area contributed by atoms with E-state index in [0.29, 0.717) is 5.92 Å². The van der Waals surface area contributed by atoms with Crippen molar-refractivity contribution < 1.29 is 14.6 Å². The Morgan fingerprint density at radius 2 is 2.00 bits per heavy atom. The molecule has 1 aromatic carbocycles. The summed E-state index contributed by atoms with van der Waals surface area (Å²) in [5.74, 6) is 0.361. The summed E-state index contributed by atoms with van der Waals surface area (Å²) >= 11 is 0. The SMILES string of the molecule is CC(C)(C)OC(=O)NC1CC1c1ccc(CO)cc1. The first-order valence-electron chi connectivity index (χ1n) is 6.58. The molecule has 0 saturated heterocycles. The van der Waals surface area contributed by atoms with Gasteiger partial charge in [0.15, 0.2) is 0 Å². The van der Waals surface area contributed by atoms with Crippen molar-refractivity contribution in [3.8, 4) is 0 Å². The predicted octanol–water partition coefficient (Wildman–Crippen LogP) is 2.56. The molecule has 0 radical (unpaired) electrons. The highest BCUT2D eigenvalue weighted by Crippen LogP contribution is 2.40. The second kappa shape index (κ2) is 5.21. The third kappa shape index (κ3) is 3.96. The van der Waals surface area contributed by atoms with Crippen LogP contribution in [0.15, 0.2) is 24.3 Å². The molecule has 2 atom stereocenters. The average molecular weight is 263 g/mol. The number of aliphatic hydroxyl groups excluding tert-OH is 1. The minimum Gasteiger partial charge on any atom is -0.444 e. The molecule has 0 bridgehead atoms. The van der Waals surface area contributed by atoms with E-state index >= 15 is 0 Å². The van der Waals surface area contributed by atoms with E-state index in [0.717, 1.165) is 12.0 Å². The molecule has 1 saturated carbocycles. The van der Waals surface area contributed by atoms with E-state index in [9.17, 15) is 4.79 Å². The lowest BCUT2D eigenvalue weighted by molar-refractivity contribution is 0.0523. The maximum Gasteiger partial charge on any atom is 0.407 e. The normalized spacial score (nSPS) is 21.9. The molecule has 1 aliphatic rings. The van der Waals surface area contributed by atoms with Gasteiger partial charge in [-0.25, -0.2) is 4.79 Å². The summed E-state index contributed by atoms with van der Waals surface area (Å²) in [6, 6.07) is 8.01. The number of hydrogen-bond donors (Lipinski definition) is 2. The van der Waals surface area contributed by atoms with Crippen LogP contribution in [0.1, 0.15) is 44.2 Å². The molecule has 2 unspecified atom stereocenters. The van der Waals surface area contributed by atoms with Gasteiger partial charge in [0.1, 0.15) is 5.60 Å². The first-order chi connectivity index (χ1) is 8.89. The van der Waals surface area contributed by atoms with Gasteiger partial charge in [0.2, 0.25) is 0 Å². The van der Waals surface area contributed by atoms with Gasteiger partial charge in [0.25, 0.3) is 0 Å². The molecule has 1 aromatic rings. The van der Waals surface area contributed by atoms with Crippen molar-refractivity contribution in [2.75, 3.05) is 0 Å². The lowest BCUT2D eigenvalue weighted by Crippen LogP contribution is -2.34. The molecule has 0 spiro atoms. The zero-order chi connectivity index (χ0) is 14.0. The fourth-order valence-corrected chi connectivity index (χ4v) is 2.05. The van der Waals surface area contributed by atoms with Crippen LogP contribution in [0.5, 0.6) is 0 Å². The van der Waals surface area contributed by atoms with Gasteiger partial charge in [-0.3, -0.25) is 0 Å². The fraction of sp³-hybridized carbons (Fsp3) is 0.533. The number of nitrogens with one attached hydrogen (secondary N) is 1. The van der Waals surface area contributed by atoms with Crippen molar-refractivity contribution in [2.45, 2.75) is 51.4 Å². The monoisotopic (exact) mass is 263 g/mol. The highest BCUT2D eigenvalue weighted by Gasteiger charge is 2.40. The van der Waals surface area contributed by atoms with Crippen molar-refractivity contribution in [3.63, 3.8) is 0 Å². The van der Waals surface area contributed by atoms with Gasteiger partial charge < -0.3 is 15.2 Å². The van der Waals surface area contributed by atoms with Crippen LogP contribution in [0.2, 0.25) is 0 Å². The molecule has 0 aromatic heterocycles. The summed E-state index contributed by atoms with van der Waals surface area (Å²) in [7, 11) is 0. The first kappa shape index (κ1) is 13.9. The van der Waals surface area contributed by atoms with Crippen LogP contribution in [0.4, 0.5) is 4.79 Å². The van der Waals surface area contributed by atoms with Gasteiger partial charge in [-0.15, -0.1) is 0 Å². The van der Waals surface area contributed by atoms with E-state index in [2.05, 4.69) is 5.32 Å². The first-order valence-corrected chi connectivity index (χ1v) is 6.58. The number of amides is 1. The summed E-state index contributed by atoms with van der Waals surface area (Å²) in [4.78, 5) is 11.6. The number of alkyl carbamates (subject to hydrolysis) is 1. The molecule has 0 heterocycles. The molecule has 4 nitrogen and oxygen atoms in total. The predicted molar refractivity (Wildman–Crippen MR) is 72.9 cm³/mol. The lowest BCUT2D eigenvalue weighted by Gasteiger charge is -2.19. The van der Waals surface area contributed by atoms with Gasteiger partial charge >= 0.3 is 6.09 Å². The zero-order valence-electron chi connectivity index (χ0n) is 11.6. The van der Waals surface area contributed by atoms with Crippen LogP contribution in [-0.4, -0.2) is 22.8 Å². The summed E-state index contributed by atoms with van der Waals surface area (Å²) in [5.41, 5.74) is 1.64. The Morgan fingerprint density at radius 3 is 2.53 bits per heavy atom. The van der Waals surface area contributed by atoms with Crippen molar-refractivity contribution in [1.29, 1.82) is 0 Å². The van der Waals surface area contributed by atoms with Gasteiger partial charge in [0.05, 0.1) is 6.61 Å². The topological polar surface area (TPSA) is 58.6 Å². The minimum atomic E-state index is -0.461. The molecule has 1 amide bonds. The van der Waals surface area contributed by atoms with Crippen molar-refractivity contribution in [3.05, 3.63) is 35.4 Å². The largest absolute Gasteiger partial charge is 0.444 e. The maximum absolute atomic E-state index is 11.6. The third-order valence-electron chi connectivity index (χ3n) is 3.08. The quantitative estimate of drug-likeness (QED) is 0.881. The number of hydrogen-bond acceptors (Lipinski definition) is 3. The Hall–Kier alpha value is -1.55. The van der Waals surface area contributed by atoms with E-state index in [-0.39, 0.29) is 18.7 Å². The molecular weight excluding hydrogens is 242 g/mol. The molecule has 1 fully saturated rings. The Morgan fingerprint density at radius 1 is 1.37 bits per heavy atom. The van der Waals surface area contributed by atoms with Crippen molar-refractivity contribution in [1.82, 2.24) is 5.32 Å². The molecule has 2 rings (SSSR count). The second-order valence-electron chi connectivity index (χ2n) is 5.99. The lowest BCUT2D eigenvalue weighted by atomic mass is 10.1. The standard InChI is InChI=1S/C15H21NO3/c1-15(2,3)19-14(18)16-13-8-12(13)11-6-4-10(9-17)5-7-11/h4-7,12-13,17H,8-9H2,1-3H3,(H,16,18). The van der Waals surface area contributed by atoms with Crippen LogP contribution in [0.3, 0.4) is 0 Å². The molecular formula is C15H21NO3.